The van der Waals surface area contributed by atoms with Gasteiger partial charge in [0.05, 0.1) is 0 Å². The summed E-state index contributed by atoms with van der Waals surface area (Å²) in [6.45, 7) is 1.51. The van der Waals surface area contributed by atoms with Crippen molar-refractivity contribution < 1.29 is 4.79 Å². The number of benzene rings is 1. The topological polar surface area (TPSA) is 120 Å². The second kappa shape index (κ2) is 4.66. The highest BCUT2D eigenvalue weighted by molar-refractivity contribution is 5.94. The Morgan fingerprint density at radius 1 is 1.11 bits per heavy atom. The molecule has 0 bridgehead atoms. The first-order valence-electron chi connectivity index (χ1n) is 5.20. The summed E-state index contributed by atoms with van der Waals surface area (Å²) in [6.07, 6.45) is 0. The number of aromatic nitrogens is 3. The molecule has 1 heterocycles. The molecule has 0 aliphatic carbocycles. The van der Waals surface area contributed by atoms with E-state index in [1.807, 2.05) is 0 Å². The van der Waals surface area contributed by atoms with Crippen LogP contribution >= 0.6 is 0 Å². The molecular formula is C11H12N6O. The second-order valence-electron chi connectivity index (χ2n) is 3.66. The zero-order valence-electron chi connectivity index (χ0n) is 9.71. The van der Waals surface area contributed by atoms with Gasteiger partial charge in [-0.25, -0.2) is 0 Å². The molecule has 2 rings (SSSR count). The normalized spacial score (nSPS) is 10.1. The summed E-state index contributed by atoms with van der Waals surface area (Å²) in [5.74, 6) is 0.466. The highest BCUT2D eigenvalue weighted by atomic mass is 16.1. The summed E-state index contributed by atoms with van der Waals surface area (Å²) in [4.78, 5) is 15.0. The van der Waals surface area contributed by atoms with Crippen LogP contribution in [0, 0.1) is 0 Å². The minimum Gasteiger partial charge on any atom is -0.380 e. The van der Waals surface area contributed by atoms with Crippen LogP contribution in [0.3, 0.4) is 0 Å². The highest BCUT2D eigenvalue weighted by Gasteiger charge is 2.04. The standard InChI is InChI=1S/C11H12N6O/c1-6(18)7-2-4-8(5-3-7)14-11-15-9(12)10(13)16-17-11/h2-5H,1H3,(H2,13,16)(H3,12,14,15,17). The van der Waals surface area contributed by atoms with Gasteiger partial charge in [-0.3, -0.25) is 4.79 Å². The van der Waals surface area contributed by atoms with Crippen LogP contribution in [0.4, 0.5) is 23.3 Å². The van der Waals surface area contributed by atoms with E-state index in [1.54, 1.807) is 24.3 Å². The van der Waals surface area contributed by atoms with Crippen LogP contribution in [-0.4, -0.2) is 21.0 Å². The maximum absolute atomic E-state index is 11.1. The molecular weight excluding hydrogens is 232 g/mol. The van der Waals surface area contributed by atoms with Crippen LogP contribution in [0.1, 0.15) is 17.3 Å². The fourth-order valence-corrected chi connectivity index (χ4v) is 1.32. The molecule has 0 saturated carbocycles. The molecule has 92 valence electrons. The van der Waals surface area contributed by atoms with Gasteiger partial charge < -0.3 is 16.8 Å². The molecule has 0 radical (unpaired) electrons. The Kier molecular flexibility index (Phi) is 3.05. The summed E-state index contributed by atoms with van der Waals surface area (Å²) in [5.41, 5.74) is 12.3. The zero-order chi connectivity index (χ0) is 13.1. The van der Waals surface area contributed by atoms with Crippen LogP contribution in [0.2, 0.25) is 0 Å². The fourth-order valence-electron chi connectivity index (χ4n) is 1.32. The van der Waals surface area contributed by atoms with Gasteiger partial charge in [0.1, 0.15) is 0 Å². The van der Waals surface area contributed by atoms with Crippen molar-refractivity contribution >= 4 is 29.1 Å². The quantitative estimate of drug-likeness (QED) is 0.688. The first kappa shape index (κ1) is 11.8. The number of carbonyl (C=O) groups is 1. The second-order valence-corrected chi connectivity index (χ2v) is 3.66. The minimum atomic E-state index is 0.0104. The Bertz CT molecular complexity index is 581. The lowest BCUT2D eigenvalue weighted by Crippen LogP contribution is -2.06. The number of nitrogen functional groups attached to an aromatic ring is 2. The number of nitrogens with zero attached hydrogens (tertiary/aromatic N) is 3. The molecule has 0 amide bonds. The van der Waals surface area contributed by atoms with E-state index in [2.05, 4.69) is 20.5 Å². The SMILES string of the molecule is CC(=O)c1ccc(Nc2nnc(N)c(N)n2)cc1. The van der Waals surface area contributed by atoms with Gasteiger partial charge in [-0.1, -0.05) is 0 Å². The first-order valence-corrected chi connectivity index (χ1v) is 5.20. The molecule has 0 atom stereocenters. The number of hydrogen-bond donors (Lipinski definition) is 3. The number of rotatable bonds is 3. The third-order valence-corrected chi connectivity index (χ3v) is 2.29. The van der Waals surface area contributed by atoms with Gasteiger partial charge in [0.25, 0.3) is 0 Å². The van der Waals surface area contributed by atoms with Crippen molar-refractivity contribution in [1.29, 1.82) is 0 Å². The molecule has 7 nitrogen and oxygen atoms in total. The van der Waals surface area contributed by atoms with Crippen molar-refractivity contribution in [3.05, 3.63) is 29.8 Å². The Labute approximate surface area is 103 Å². The summed E-state index contributed by atoms with van der Waals surface area (Å²) in [7, 11) is 0. The van der Waals surface area contributed by atoms with Crippen molar-refractivity contribution in [3.63, 3.8) is 0 Å². The maximum atomic E-state index is 11.1. The van der Waals surface area contributed by atoms with E-state index < -0.39 is 0 Å². The van der Waals surface area contributed by atoms with E-state index in [1.165, 1.54) is 6.92 Å². The number of nitrogens with two attached hydrogens (primary N) is 2. The van der Waals surface area contributed by atoms with Crippen LogP contribution in [0.25, 0.3) is 0 Å². The average molecular weight is 244 g/mol. The van der Waals surface area contributed by atoms with Gasteiger partial charge in [0.2, 0.25) is 5.95 Å². The number of carbonyl (C=O) groups excluding carboxylic acids is 1. The van der Waals surface area contributed by atoms with Gasteiger partial charge in [0.15, 0.2) is 17.4 Å². The van der Waals surface area contributed by atoms with Gasteiger partial charge in [-0.2, -0.15) is 4.98 Å². The van der Waals surface area contributed by atoms with Crippen LogP contribution in [-0.2, 0) is 0 Å². The van der Waals surface area contributed by atoms with E-state index in [0.29, 0.717) is 5.56 Å². The van der Waals surface area contributed by atoms with E-state index in [-0.39, 0.29) is 23.4 Å². The summed E-state index contributed by atoms with van der Waals surface area (Å²) < 4.78 is 0. The Morgan fingerprint density at radius 3 is 2.33 bits per heavy atom. The summed E-state index contributed by atoms with van der Waals surface area (Å²) in [5, 5.41) is 10.3. The molecule has 0 spiro atoms. The number of ketones is 1. The van der Waals surface area contributed by atoms with Crippen molar-refractivity contribution in [3.8, 4) is 0 Å². The van der Waals surface area contributed by atoms with Gasteiger partial charge >= 0.3 is 0 Å². The smallest absolute Gasteiger partial charge is 0.249 e. The predicted molar refractivity (Wildman–Crippen MR) is 68.4 cm³/mol. The van der Waals surface area contributed by atoms with Crippen molar-refractivity contribution in [2.75, 3.05) is 16.8 Å². The molecule has 18 heavy (non-hydrogen) atoms. The van der Waals surface area contributed by atoms with Crippen molar-refractivity contribution in [2.45, 2.75) is 6.92 Å². The van der Waals surface area contributed by atoms with Crippen LogP contribution in [0.15, 0.2) is 24.3 Å². The zero-order valence-corrected chi connectivity index (χ0v) is 9.71. The van der Waals surface area contributed by atoms with E-state index in [4.69, 9.17) is 11.5 Å². The average Bonchev–Trinajstić information content (AvgIpc) is 2.34. The van der Waals surface area contributed by atoms with Gasteiger partial charge in [-0.15, -0.1) is 10.2 Å². The molecule has 1 aromatic carbocycles. The van der Waals surface area contributed by atoms with Crippen LogP contribution in [0.5, 0.6) is 0 Å². The fraction of sp³-hybridized carbons (Fsp3) is 0.0909. The molecule has 0 aliphatic heterocycles. The number of Topliss-reactive ketones (excluding diaryl/α,β-unsaturated/α-hetero) is 1. The third kappa shape index (κ3) is 2.51. The molecule has 7 heteroatoms. The lowest BCUT2D eigenvalue weighted by Gasteiger charge is -2.05. The molecule has 0 fully saturated rings. The number of anilines is 4. The molecule has 5 N–H and O–H groups in total. The number of hydrogen-bond acceptors (Lipinski definition) is 7. The molecule has 0 aliphatic rings. The summed E-state index contributed by atoms with van der Waals surface area (Å²) >= 11 is 0. The monoisotopic (exact) mass is 244 g/mol. The molecule has 0 unspecified atom stereocenters. The molecule has 2 aromatic rings. The Balaban J connectivity index is 2.18. The van der Waals surface area contributed by atoms with E-state index >= 15 is 0 Å². The van der Waals surface area contributed by atoms with E-state index in [9.17, 15) is 4.79 Å². The van der Waals surface area contributed by atoms with Crippen LogP contribution < -0.4 is 16.8 Å². The lowest BCUT2D eigenvalue weighted by atomic mass is 10.1. The first-order chi connectivity index (χ1) is 8.56. The Morgan fingerprint density at radius 2 is 1.78 bits per heavy atom. The summed E-state index contributed by atoms with van der Waals surface area (Å²) in [6, 6.07) is 6.90. The third-order valence-electron chi connectivity index (χ3n) is 2.29. The lowest BCUT2D eigenvalue weighted by molar-refractivity contribution is 0.101. The highest BCUT2D eigenvalue weighted by Crippen LogP contribution is 2.15. The predicted octanol–water partition coefficient (Wildman–Crippen LogP) is 0.982. The maximum Gasteiger partial charge on any atom is 0.249 e. The van der Waals surface area contributed by atoms with Crippen molar-refractivity contribution in [1.82, 2.24) is 15.2 Å². The van der Waals surface area contributed by atoms with Gasteiger partial charge in [0, 0.05) is 11.3 Å². The largest absolute Gasteiger partial charge is 0.380 e. The molecule has 1 aromatic heterocycles. The van der Waals surface area contributed by atoms with E-state index in [0.717, 1.165) is 5.69 Å². The van der Waals surface area contributed by atoms with Crippen molar-refractivity contribution in [2.24, 2.45) is 0 Å². The van der Waals surface area contributed by atoms with Gasteiger partial charge in [-0.05, 0) is 31.2 Å². The number of nitrogens with one attached hydrogen (secondary N) is 1. The minimum absolute atomic E-state index is 0.0104. The molecule has 0 saturated heterocycles. The Hall–Kier alpha value is -2.70.